The lowest BCUT2D eigenvalue weighted by Gasteiger charge is -1.94. The molecule has 2 aromatic rings. The number of benzene rings is 1. The molecule has 0 spiro atoms. The van der Waals surface area contributed by atoms with Crippen molar-refractivity contribution in [3.8, 4) is 6.07 Å². The molecule has 2 rings (SSSR count). The predicted octanol–water partition coefficient (Wildman–Crippen LogP) is 2.36. The molecular weight excluding hydrogens is 160 g/mol. The maximum atomic E-state index is 8.93. The van der Waals surface area contributed by atoms with Gasteiger partial charge in [-0.15, -0.1) is 0 Å². The average molecular weight is 170 g/mol. The summed E-state index contributed by atoms with van der Waals surface area (Å²) in [5.41, 5.74) is 2.94. The molecular formula is C11H10N2. The fraction of sp³-hybridized carbons (Fsp3) is 0.182. The molecule has 0 aliphatic heterocycles. The first-order chi connectivity index (χ1) is 6.25. The Balaban J connectivity index is 2.99. The molecule has 0 saturated carbocycles. The van der Waals surface area contributed by atoms with Gasteiger partial charge in [-0.2, -0.15) is 5.26 Å². The van der Waals surface area contributed by atoms with E-state index in [0.29, 0.717) is 0 Å². The Labute approximate surface area is 77.0 Å². The average Bonchev–Trinajstić information content (AvgIpc) is 2.41. The third-order valence-electron chi connectivity index (χ3n) is 2.47. The summed E-state index contributed by atoms with van der Waals surface area (Å²) in [6.45, 7) is 1.99. The second-order valence-corrected chi connectivity index (χ2v) is 3.16. The molecule has 1 aromatic heterocycles. The molecule has 2 heteroatoms. The second-order valence-electron chi connectivity index (χ2n) is 3.16. The lowest BCUT2D eigenvalue weighted by Crippen LogP contribution is -1.91. The van der Waals surface area contributed by atoms with Gasteiger partial charge in [-0.25, -0.2) is 0 Å². The number of rotatable bonds is 0. The molecule has 0 amide bonds. The molecule has 0 unspecified atom stereocenters. The summed E-state index contributed by atoms with van der Waals surface area (Å²) in [6, 6.07) is 10.3. The van der Waals surface area contributed by atoms with Gasteiger partial charge in [0.25, 0.3) is 0 Å². The Hall–Kier alpha value is -1.75. The highest BCUT2D eigenvalue weighted by molar-refractivity contribution is 5.86. The quantitative estimate of drug-likeness (QED) is 0.596. The highest BCUT2D eigenvalue weighted by Crippen LogP contribution is 2.23. The molecule has 0 aliphatic carbocycles. The van der Waals surface area contributed by atoms with Crippen molar-refractivity contribution in [2.75, 3.05) is 0 Å². The van der Waals surface area contributed by atoms with Crippen LogP contribution in [0.25, 0.3) is 10.9 Å². The summed E-state index contributed by atoms with van der Waals surface area (Å²) in [4.78, 5) is 0. The van der Waals surface area contributed by atoms with Gasteiger partial charge < -0.3 is 4.57 Å². The largest absolute Gasteiger partial charge is 0.335 e. The standard InChI is InChI=1S/C11H10N2/c1-8-9-5-3-4-6-10(9)13(2)11(8)7-12/h3-6H,1-2H3. The van der Waals surface area contributed by atoms with E-state index < -0.39 is 0 Å². The van der Waals surface area contributed by atoms with Gasteiger partial charge in [-0.05, 0) is 18.6 Å². The van der Waals surface area contributed by atoms with Crippen molar-refractivity contribution in [3.05, 3.63) is 35.5 Å². The lowest BCUT2D eigenvalue weighted by atomic mass is 10.2. The summed E-state index contributed by atoms with van der Waals surface area (Å²) < 4.78 is 1.94. The molecule has 13 heavy (non-hydrogen) atoms. The predicted molar refractivity (Wildman–Crippen MR) is 52.4 cm³/mol. The molecule has 1 aromatic carbocycles. The van der Waals surface area contributed by atoms with Crippen LogP contribution in [0, 0.1) is 18.3 Å². The van der Waals surface area contributed by atoms with Gasteiger partial charge in [0.15, 0.2) is 0 Å². The maximum Gasteiger partial charge on any atom is 0.123 e. The molecule has 64 valence electrons. The zero-order chi connectivity index (χ0) is 9.42. The zero-order valence-corrected chi connectivity index (χ0v) is 7.70. The highest BCUT2D eigenvalue weighted by atomic mass is 14.9. The van der Waals surface area contributed by atoms with Crippen molar-refractivity contribution >= 4 is 10.9 Å². The minimum absolute atomic E-state index is 0.751. The third-order valence-corrected chi connectivity index (χ3v) is 2.47. The molecule has 0 N–H and O–H groups in total. The third kappa shape index (κ3) is 0.940. The number of nitriles is 1. The summed E-state index contributed by atoms with van der Waals surface area (Å²) >= 11 is 0. The van der Waals surface area contributed by atoms with E-state index in [1.165, 1.54) is 5.39 Å². The van der Waals surface area contributed by atoms with Crippen LogP contribution < -0.4 is 0 Å². The molecule has 2 nitrogen and oxygen atoms in total. The van der Waals surface area contributed by atoms with Crippen molar-refractivity contribution in [2.24, 2.45) is 7.05 Å². The topological polar surface area (TPSA) is 28.7 Å². The molecule has 0 saturated heterocycles. The first-order valence-electron chi connectivity index (χ1n) is 4.20. The Kier molecular flexibility index (Phi) is 1.60. The van der Waals surface area contributed by atoms with Gasteiger partial charge in [-0.3, -0.25) is 0 Å². The summed E-state index contributed by atoms with van der Waals surface area (Å²) in [6.07, 6.45) is 0. The van der Waals surface area contributed by atoms with Gasteiger partial charge in [0, 0.05) is 18.0 Å². The van der Waals surface area contributed by atoms with Crippen LogP contribution in [-0.2, 0) is 7.05 Å². The molecule has 0 fully saturated rings. The van der Waals surface area contributed by atoms with Gasteiger partial charge in [0.05, 0.1) is 0 Å². The summed E-state index contributed by atoms with van der Waals surface area (Å²) in [5.74, 6) is 0. The number of nitrogens with zero attached hydrogens (tertiary/aromatic N) is 2. The molecule has 0 atom stereocenters. The molecule has 0 radical (unpaired) electrons. The van der Waals surface area contributed by atoms with E-state index in [1.54, 1.807) is 0 Å². The van der Waals surface area contributed by atoms with Gasteiger partial charge >= 0.3 is 0 Å². The minimum atomic E-state index is 0.751. The Bertz CT molecular complexity index is 462. The first-order valence-corrected chi connectivity index (χ1v) is 4.20. The molecule has 1 heterocycles. The van der Waals surface area contributed by atoms with Crippen molar-refractivity contribution in [3.63, 3.8) is 0 Å². The Morgan fingerprint density at radius 1 is 1.31 bits per heavy atom. The Morgan fingerprint density at radius 3 is 2.62 bits per heavy atom. The first kappa shape index (κ1) is 7.88. The Morgan fingerprint density at radius 2 is 2.00 bits per heavy atom. The maximum absolute atomic E-state index is 8.93. The fourth-order valence-corrected chi connectivity index (χ4v) is 1.74. The van der Waals surface area contributed by atoms with E-state index >= 15 is 0 Å². The SMILES string of the molecule is Cc1c(C#N)n(C)c2ccccc12. The van der Waals surface area contributed by atoms with Crippen LogP contribution in [0.2, 0.25) is 0 Å². The number of para-hydroxylation sites is 1. The van der Waals surface area contributed by atoms with Crippen LogP contribution >= 0.6 is 0 Å². The van der Waals surface area contributed by atoms with E-state index in [-0.39, 0.29) is 0 Å². The number of aryl methyl sites for hydroxylation is 2. The monoisotopic (exact) mass is 170 g/mol. The normalized spacial score (nSPS) is 10.2. The minimum Gasteiger partial charge on any atom is -0.335 e. The van der Waals surface area contributed by atoms with Crippen molar-refractivity contribution in [2.45, 2.75) is 6.92 Å². The van der Waals surface area contributed by atoms with E-state index in [4.69, 9.17) is 5.26 Å². The van der Waals surface area contributed by atoms with Gasteiger partial charge in [-0.1, -0.05) is 18.2 Å². The fourth-order valence-electron chi connectivity index (χ4n) is 1.74. The van der Waals surface area contributed by atoms with Crippen LogP contribution in [-0.4, -0.2) is 4.57 Å². The summed E-state index contributed by atoms with van der Waals surface area (Å²) in [7, 11) is 1.92. The summed E-state index contributed by atoms with van der Waals surface area (Å²) in [5, 5.41) is 10.1. The van der Waals surface area contributed by atoms with E-state index in [9.17, 15) is 0 Å². The number of fused-ring (bicyclic) bond motifs is 1. The molecule has 0 aliphatic rings. The number of hydrogen-bond donors (Lipinski definition) is 0. The van der Waals surface area contributed by atoms with E-state index in [2.05, 4.69) is 6.07 Å². The lowest BCUT2D eigenvalue weighted by molar-refractivity contribution is 0.941. The van der Waals surface area contributed by atoms with Crippen LogP contribution in [0.5, 0.6) is 0 Å². The van der Waals surface area contributed by atoms with Crippen LogP contribution in [0.15, 0.2) is 24.3 Å². The highest BCUT2D eigenvalue weighted by Gasteiger charge is 2.09. The van der Waals surface area contributed by atoms with Gasteiger partial charge in [0.2, 0.25) is 0 Å². The number of hydrogen-bond acceptors (Lipinski definition) is 1. The second kappa shape index (κ2) is 2.63. The van der Waals surface area contributed by atoms with Crippen molar-refractivity contribution in [1.82, 2.24) is 4.57 Å². The van der Waals surface area contributed by atoms with E-state index in [1.807, 2.05) is 42.8 Å². The van der Waals surface area contributed by atoms with Crippen molar-refractivity contribution < 1.29 is 0 Å². The van der Waals surface area contributed by atoms with Crippen LogP contribution in [0.3, 0.4) is 0 Å². The van der Waals surface area contributed by atoms with Crippen LogP contribution in [0.1, 0.15) is 11.3 Å². The number of aromatic nitrogens is 1. The smallest absolute Gasteiger partial charge is 0.123 e. The molecule has 0 bridgehead atoms. The van der Waals surface area contributed by atoms with Crippen LogP contribution in [0.4, 0.5) is 0 Å². The van der Waals surface area contributed by atoms with Crippen molar-refractivity contribution in [1.29, 1.82) is 5.26 Å². The van der Waals surface area contributed by atoms with E-state index in [0.717, 1.165) is 16.8 Å². The zero-order valence-electron chi connectivity index (χ0n) is 7.70. The van der Waals surface area contributed by atoms with Gasteiger partial charge in [0.1, 0.15) is 11.8 Å².